The van der Waals surface area contributed by atoms with Crippen molar-refractivity contribution in [3.63, 3.8) is 0 Å². The Morgan fingerprint density at radius 2 is 1.67 bits per heavy atom. The van der Waals surface area contributed by atoms with Crippen LogP contribution in [-0.4, -0.2) is 14.1 Å². The van der Waals surface area contributed by atoms with Crippen LogP contribution in [0.1, 0.15) is 24.9 Å². The van der Waals surface area contributed by atoms with Gasteiger partial charge in [0.1, 0.15) is 0 Å². The first kappa shape index (κ1) is 16.0. The predicted molar refractivity (Wildman–Crippen MR) is 93.9 cm³/mol. The molecule has 2 rings (SSSR count). The van der Waals surface area contributed by atoms with Crippen molar-refractivity contribution in [1.29, 1.82) is 0 Å². The first-order chi connectivity index (χ1) is 10.0. The molecule has 0 heterocycles. The Morgan fingerprint density at radius 3 is 2.19 bits per heavy atom. The maximum absolute atomic E-state index is 6.11. The standard InChI is InChI=1S/C17H20Cl2N2/c1-4-17(12-5-10-15(18)16(19)11-12)20-13-6-8-14(9-7-13)21(2)3/h5-11,17,20H,4H2,1-3H3. The van der Waals surface area contributed by atoms with E-state index in [1.54, 1.807) is 0 Å². The number of benzene rings is 2. The summed E-state index contributed by atoms with van der Waals surface area (Å²) in [6, 6.07) is 14.4. The minimum Gasteiger partial charge on any atom is -0.378 e. The van der Waals surface area contributed by atoms with Gasteiger partial charge in [0.2, 0.25) is 0 Å². The number of anilines is 2. The summed E-state index contributed by atoms with van der Waals surface area (Å²) in [4.78, 5) is 2.08. The highest BCUT2D eigenvalue weighted by molar-refractivity contribution is 6.42. The second kappa shape index (κ2) is 7.06. The molecule has 21 heavy (non-hydrogen) atoms. The third-order valence-corrected chi connectivity index (χ3v) is 4.22. The minimum atomic E-state index is 0.213. The highest BCUT2D eigenvalue weighted by Crippen LogP contribution is 2.29. The van der Waals surface area contributed by atoms with E-state index in [4.69, 9.17) is 23.2 Å². The quantitative estimate of drug-likeness (QED) is 0.768. The Balaban J connectivity index is 2.16. The number of nitrogens with zero attached hydrogens (tertiary/aromatic N) is 1. The molecule has 1 N–H and O–H groups in total. The summed E-state index contributed by atoms with van der Waals surface area (Å²) in [5, 5.41) is 4.72. The van der Waals surface area contributed by atoms with E-state index in [0.717, 1.165) is 17.7 Å². The van der Waals surface area contributed by atoms with E-state index in [2.05, 4.69) is 41.4 Å². The van der Waals surface area contributed by atoms with Crippen molar-refractivity contribution in [2.24, 2.45) is 0 Å². The summed E-state index contributed by atoms with van der Waals surface area (Å²) in [6.45, 7) is 2.15. The normalized spacial score (nSPS) is 12.0. The van der Waals surface area contributed by atoms with Crippen molar-refractivity contribution in [2.75, 3.05) is 24.3 Å². The molecule has 0 aliphatic carbocycles. The van der Waals surface area contributed by atoms with E-state index in [-0.39, 0.29) is 6.04 Å². The van der Waals surface area contributed by atoms with Crippen LogP contribution < -0.4 is 10.2 Å². The van der Waals surface area contributed by atoms with Crippen LogP contribution in [0.25, 0.3) is 0 Å². The summed E-state index contributed by atoms with van der Waals surface area (Å²) in [5.41, 5.74) is 3.42. The highest BCUT2D eigenvalue weighted by Gasteiger charge is 2.11. The van der Waals surface area contributed by atoms with E-state index >= 15 is 0 Å². The smallest absolute Gasteiger partial charge is 0.0595 e. The van der Waals surface area contributed by atoms with Gasteiger partial charge < -0.3 is 10.2 Å². The van der Waals surface area contributed by atoms with Gasteiger partial charge in [-0.2, -0.15) is 0 Å². The molecule has 4 heteroatoms. The fourth-order valence-corrected chi connectivity index (χ4v) is 2.51. The molecule has 0 fully saturated rings. The number of hydrogen-bond donors (Lipinski definition) is 1. The molecule has 0 radical (unpaired) electrons. The molecule has 0 spiro atoms. The lowest BCUT2D eigenvalue weighted by Crippen LogP contribution is -2.11. The summed E-state index contributed by atoms with van der Waals surface area (Å²) in [5.74, 6) is 0. The molecule has 0 aromatic heterocycles. The first-order valence-electron chi connectivity index (χ1n) is 7.00. The van der Waals surface area contributed by atoms with E-state index in [1.165, 1.54) is 5.69 Å². The van der Waals surface area contributed by atoms with Crippen molar-refractivity contribution >= 4 is 34.6 Å². The van der Waals surface area contributed by atoms with Crippen LogP contribution in [0.2, 0.25) is 10.0 Å². The van der Waals surface area contributed by atoms with E-state index in [0.29, 0.717) is 10.0 Å². The van der Waals surface area contributed by atoms with Gasteiger partial charge in [-0.1, -0.05) is 36.2 Å². The highest BCUT2D eigenvalue weighted by atomic mass is 35.5. The van der Waals surface area contributed by atoms with Crippen LogP contribution in [0.15, 0.2) is 42.5 Å². The maximum Gasteiger partial charge on any atom is 0.0595 e. The number of rotatable bonds is 5. The molecule has 2 aromatic carbocycles. The zero-order valence-electron chi connectivity index (χ0n) is 12.5. The topological polar surface area (TPSA) is 15.3 Å². The van der Waals surface area contributed by atoms with Crippen LogP contribution in [0.4, 0.5) is 11.4 Å². The van der Waals surface area contributed by atoms with E-state index in [1.807, 2.05) is 32.3 Å². The van der Waals surface area contributed by atoms with Crippen molar-refractivity contribution in [2.45, 2.75) is 19.4 Å². The Labute approximate surface area is 136 Å². The Kier molecular flexibility index (Phi) is 5.38. The fraction of sp³-hybridized carbons (Fsp3) is 0.294. The number of hydrogen-bond acceptors (Lipinski definition) is 2. The second-order valence-electron chi connectivity index (χ2n) is 5.22. The fourth-order valence-electron chi connectivity index (χ4n) is 2.21. The Bertz CT molecular complexity index is 594. The summed E-state index contributed by atoms with van der Waals surface area (Å²) in [7, 11) is 4.07. The molecule has 1 unspecified atom stereocenters. The van der Waals surface area contributed by atoms with E-state index in [9.17, 15) is 0 Å². The van der Waals surface area contributed by atoms with Crippen molar-refractivity contribution < 1.29 is 0 Å². The second-order valence-corrected chi connectivity index (χ2v) is 6.03. The lowest BCUT2D eigenvalue weighted by molar-refractivity contribution is 0.749. The summed E-state index contributed by atoms with van der Waals surface area (Å²) >= 11 is 12.1. The van der Waals surface area contributed by atoms with Gasteiger partial charge in [-0.05, 0) is 48.4 Å². The lowest BCUT2D eigenvalue weighted by atomic mass is 10.0. The van der Waals surface area contributed by atoms with Crippen LogP contribution in [0, 0.1) is 0 Å². The molecule has 0 aliphatic heterocycles. The van der Waals surface area contributed by atoms with Gasteiger partial charge in [-0.15, -0.1) is 0 Å². The molecule has 112 valence electrons. The molecule has 0 bridgehead atoms. The van der Waals surface area contributed by atoms with Gasteiger partial charge >= 0.3 is 0 Å². The average molecular weight is 323 g/mol. The van der Waals surface area contributed by atoms with Crippen LogP contribution in [-0.2, 0) is 0 Å². The summed E-state index contributed by atoms with van der Waals surface area (Å²) < 4.78 is 0. The predicted octanol–water partition coefficient (Wildman–Crippen LogP) is 5.62. The van der Waals surface area contributed by atoms with Gasteiger partial charge in [-0.25, -0.2) is 0 Å². The third-order valence-electron chi connectivity index (χ3n) is 3.48. The van der Waals surface area contributed by atoms with Gasteiger partial charge in [0.05, 0.1) is 16.1 Å². The molecule has 1 atom stereocenters. The minimum absolute atomic E-state index is 0.213. The monoisotopic (exact) mass is 322 g/mol. The lowest BCUT2D eigenvalue weighted by Gasteiger charge is -2.20. The summed E-state index contributed by atoms with van der Waals surface area (Å²) in [6.07, 6.45) is 0.966. The van der Waals surface area contributed by atoms with Crippen molar-refractivity contribution in [3.05, 3.63) is 58.1 Å². The number of nitrogens with one attached hydrogen (secondary N) is 1. The molecule has 0 amide bonds. The molecule has 2 aromatic rings. The van der Waals surface area contributed by atoms with E-state index < -0.39 is 0 Å². The van der Waals surface area contributed by atoms with Crippen molar-refractivity contribution in [3.8, 4) is 0 Å². The zero-order valence-corrected chi connectivity index (χ0v) is 14.0. The SMILES string of the molecule is CCC(Nc1ccc(N(C)C)cc1)c1ccc(Cl)c(Cl)c1. The molecule has 2 nitrogen and oxygen atoms in total. The van der Waals surface area contributed by atoms with Crippen LogP contribution >= 0.6 is 23.2 Å². The first-order valence-corrected chi connectivity index (χ1v) is 7.75. The van der Waals surface area contributed by atoms with Gasteiger partial charge in [0.25, 0.3) is 0 Å². The van der Waals surface area contributed by atoms with Crippen LogP contribution in [0.3, 0.4) is 0 Å². The van der Waals surface area contributed by atoms with Crippen molar-refractivity contribution in [1.82, 2.24) is 0 Å². The number of halogens is 2. The maximum atomic E-state index is 6.11. The molecule has 0 aliphatic rings. The Morgan fingerprint density at radius 1 is 1.00 bits per heavy atom. The van der Waals surface area contributed by atoms with Gasteiger partial charge in [0, 0.05) is 25.5 Å². The largest absolute Gasteiger partial charge is 0.378 e. The molecular weight excluding hydrogens is 303 g/mol. The average Bonchev–Trinajstić information content (AvgIpc) is 2.48. The molecule has 0 saturated carbocycles. The van der Waals surface area contributed by atoms with Gasteiger partial charge in [-0.3, -0.25) is 0 Å². The van der Waals surface area contributed by atoms with Gasteiger partial charge in [0.15, 0.2) is 0 Å². The third kappa shape index (κ3) is 4.05. The zero-order chi connectivity index (χ0) is 15.4. The molecule has 0 saturated heterocycles. The molecular formula is C17H20Cl2N2. The van der Waals surface area contributed by atoms with Crippen LogP contribution in [0.5, 0.6) is 0 Å². The Hall–Kier alpha value is -1.38.